The molecule has 1 N–H and O–H groups in total. The van der Waals surface area contributed by atoms with Crippen LogP contribution in [0.3, 0.4) is 0 Å². The quantitative estimate of drug-likeness (QED) is 0.671. The van der Waals surface area contributed by atoms with Crippen molar-refractivity contribution in [2.75, 3.05) is 33.0 Å². The highest BCUT2D eigenvalue weighted by Crippen LogP contribution is 2.38. The molecule has 4 heteroatoms. The van der Waals surface area contributed by atoms with Gasteiger partial charge in [0.2, 0.25) is 0 Å². The maximum absolute atomic E-state index is 6.43. The van der Waals surface area contributed by atoms with E-state index in [9.17, 15) is 0 Å². The van der Waals surface area contributed by atoms with Gasteiger partial charge in [0.15, 0.2) is 0 Å². The smallest absolute Gasteiger partial charge is 0.122 e. The van der Waals surface area contributed by atoms with E-state index in [1.165, 1.54) is 0 Å². The van der Waals surface area contributed by atoms with Gasteiger partial charge in [-0.2, -0.15) is 0 Å². The maximum atomic E-state index is 6.43. The molecule has 2 atom stereocenters. The van der Waals surface area contributed by atoms with Crippen LogP contribution in [0.25, 0.3) is 0 Å². The molecule has 0 bridgehead atoms. The second-order valence-corrected chi connectivity index (χ2v) is 5.22. The molecule has 4 nitrogen and oxygen atoms in total. The van der Waals surface area contributed by atoms with E-state index in [-0.39, 0.29) is 11.3 Å². The fraction of sp³-hybridized carbons (Fsp3) is 1.00. The van der Waals surface area contributed by atoms with Gasteiger partial charge in [-0.3, -0.25) is 5.32 Å². The van der Waals surface area contributed by atoms with Gasteiger partial charge in [0, 0.05) is 32.6 Å². The average molecular weight is 227 g/mol. The predicted molar refractivity (Wildman–Crippen MR) is 59.3 cm³/mol. The zero-order valence-corrected chi connectivity index (χ0v) is 9.80. The summed E-state index contributed by atoms with van der Waals surface area (Å²) in [5.41, 5.74) is -0.141. The van der Waals surface area contributed by atoms with Crippen LogP contribution in [0.5, 0.6) is 0 Å². The van der Waals surface area contributed by atoms with E-state index in [1.54, 1.807) is 0 Å². The van der Waals surface area contributed by atoms with Crippen LogP contribution in [0.15, 0.2) is 0 Å². The van der Waals surface area contributed by atoms with Crippen molar-refractivity contribution in [3.63, 3.8) is 0 Å². The predicted octanol–water partition coefficient (Wildman–Crippen LogP) is 1.05. The zero-order valence-electron chi connectivity index (χ0n) is 9.80. The van der Waals surface area contributed by atoms with E-state index in [2.05, 4.69) is 5.32 Å². The zero-order chi connectivity index (χ0) is 10.9. The molecule has 3 saturated heterocycles. The molecule has 3 heterocycles. The first-order valence-corrected chi connectivity index (χ1v) is 6.43. The molecule has 3 rings (SSSR count). The molecule has 16 heavy (non-hydrogen) atoms. The summed E-state index contributed by atoms with van der Waals surface area (Å²) in [6.07, 6.45) is 5.25. The van der Waals surface area contributed by atoms with Crippen LogP contribution in [0.2, 0.25) is 0 Å². The second-order valence-electron chi connectivity index (χ2n) is 5.22. The van der Waals surface area contributed by atoms with Crippen molar-refractivity contribution in [3.05, 3.63) is 0 Å². The summed E-state index contributed by atoms with van der Waals surface area (Å²) < 4.78 is 17.5. The Kier molecular flexibility index (Phi) is 2.92. The van der Waals surface area contributed by atoms with Gasteiger partial charge in [0.05, 0.1) is 18.8 Å². The summed E-state index contributed by atoms with van der Waals surface area (Å²) in [7, 11) is 0. The van der Waals surface area contributed by atoms with Crippen LogP contribution in [0.4, 0.5) is 0 Å². The van der Waals surface area contributed by atoms with Crippen molar-refractivity contribution in [1.82, 2.24) is 5.32 Å². The third kappa shape index (κ3) is 1.99. The third-order valence-electron chi connectivity index (χ3n) is 4.03. The van der Waals surface area contributed by atoms with Gasteiger partial charge in [0.1, 0.15) is 5.72 Å². The normalized spacial score (nSPS) is 45.0. The van der Waals surface area contributed by atoms with E-state index in [4.69, 9.17) is 14.2 Å². The molecule has 0 radical (unpaired) electrons. The molecule has 0 saturated carbocycles. The molecule has 0 aromatic carbocycles. The van der Waals surface area contributed by atoms with Gasteiger partial charge >= 0.3 is 0 Å². The molecule has 3 fully saturated rings. The second kappa shape index (κ2) is 4.26. The number of rotatable bonds is 0. The van der Waals surface area contributed by atoms with Crippen LogP contribution in [0, 0.1) is 0 Å². The first-order valence-electron chi connectivity index (χ1n) is 6.43. The van der Waals surface area contributed by atoms with E-state index in [0.29, 0.717) is 0 Å². The van der Waals surface area contributed by atoms with Gasteiger partial charge in [-0.25, -0.2) is 0 Å². The Balaban J connectivity index is 1.74. The molecule has 0 aromatic heterocycles. The highest BCUT2D eigenvalue weighted by Gasteiger charge is 2.47. The van der Waals surface area contributed by atoms with Crippen LogP contribution in [0.1, 0.15) is 32.1 Å². The van der Waals surface area contributed by atoms with E-state index in [1.807, 2.05) is 0 Å². The monoisotopic (exact) mass is 227 g/mol. The molecule has 3 aliphatic heterocycles. The molecule has 0 aliphatic carbocycles. The Hall–Kier alpha value is -0.160. The molecule has 0 amide bonds. The fourth-order valence-electron chi connectivity index (χ4n) is 3.09. The van der Waals surface area contributed by atoms with Gasteiger partial charge in [-0.1, -0.05) is 0 Å². The standard InChI is InChI=1S/C12H21NO3/c1-2-12(5-9-14-7-1)13-6-3-11(16-12)4-8-15-10-11/h13H,1-10H2. The lowest BCUT2D eigenvalue weighted by Crippen LogP contribution is -2.60. The molecule has 3 aliphatic rings. The van der Waals surface area contributed by atoms with Crippen molar-refractivity contribution < 1.29 is 14.2 Å². The molecule has 92 valence electrons. The molecule has 0 aromatic rings. The lowest BCUT2D eigenvalue weighted by atomic mass is 9.92. The highest BCUT2D eigenvalue weighted by molar-refractivity contribution is 4.95. The Labute approximate surface area is 96.6 Å². The summed E-state index contributed by atoms with van der Waals surface area (Å²) in [5, 5.41) is 3.57. The number of hydrogen-bond donors (Lipinski definition) is 1. The topological polar surface area (TPSA) is 39.7 Å². The summed E-state index contributed by atoms with van der Waals surface area (Å²) in [6, 6.07) is 0. The number of ether oxygens (including phenoxy) is 3. The first kappa shape index (κ1) is 11.0. The Morgan fingerprint density at radius 1 is 0.875 bits per heavy atom. The minimum Gasteiger partial charge on any atom is -0.381 e. The summed E-state index contributed by atoms with van der Waals surface area (Å²) in [4.78, 5) is 0. The fourth-order valence-corrected chi connectivity index (χ4v) is 3.09. The Morgan fingerprint density at radius 2 is 1.81 bits per heavy atom. The van der Waals surface area contributed by atoms with E-state index >= 15 is 0 Å². The average Bonchev–Trinajstić information content (AvgIpc) is 2.60. The van der Waals surface area contributed by atoms with Gasteiger partial charge in [-0.15, -0.1) is 0 Å². The molecule has 2 unspecified atom stereocenters. The number of hydrogen-bond acceptors (Lipinski definition) is 4. The largest absolute Gasteiger partial charge is 0.381 e. The molecular formula is C12H21NO3. The third-order valence-corrected chi connectivity index (χ3v) is 4.03. The summed E-state index contributed by atoms with van der Waals surface area (Å²) >= 11 is 0. The van der Waals surface area contributed by atoms with E-state index in [0.717, 1.165) is 65.1 Å². The Morgan fingerprint density at radius 3 is 2.69 bits per heavy atom. The van der Waals surface area contributed by atoms with Gasteiger partial charge in [-0.05, 0) is 19.3 Å². The SMILES string of the molecule is C1COCCC2(C1)NCCC1(CCOC1)O2. The van der Waals surface area contributed by atoms with E-state index < -0.39 is 0 Å². The maximum Gasteiger partial charge on any atom is 0.122 e. The molecule has 2 spiro atoms. The van der Waals surface area contributed by atoms with Crippen LogP contribution in [-0.2, 0) is 14.2 Å². The Bertz CT molecular complexity index is 243. The minimum absolute atomic E-state index is 0.00438. The summed E-state index contributed by atoms with van der Waals surface area (Å²) in [5.74, 6) is 0. The van der Waals surface area contributed by atoms with Crippen molar-refractivity contribution in [1.29, 1.82) is 0 Å². The van der Waals surface area contributed by atoms with Crippen molar-refractivity contribution in [2.45, 2.75) is 43.4 Å². The first-order chi connectivity index (χ1) is 7.83. The van der Waals surface area contributed by atoms with Crippen LogP contribution >= 0.6 is 0 Å². The molecular weight excluding hydrogens is 206 g/mol. The highest BCUT2D eigenvalue weighted by atomic mass is 16.6. The van der Waals surface area contributed by atoms with Crippen LogP contribution in [-0.4, -0.2) is 44.3 Å². The number of nitrogens with one attached hydrogen (secondary N) is 1. The lowest BCUT2D eigenvalue weighted by Gasteiger charge is -2.46. The summed E-state index contributed by atoms with van der Waals surface area (Å²) in [6.45, 7) is 4.35. The van der Waals surface area contributed by atoms with Crippen molar-refractivity contribution in [3.8, 4) is 0 Å². The van der Waals surface area contributed by atoms with Gasteiger partial charge < -0.3 is 14.2 Å². The van der Waals surface area contributed by atoms with Gasteiger partial charge in [0.25, 0.3) is 0 Å². The van der Waals surface area contributed by atoms with Crippen LogP contribution < -0.4 is 5.32 Å². The van der Waals surface area contributed by atoms with Crippen molar-refractivity contribution in [2.24, 2.45) is 0 Å². The minimum atomic E-state index is -0.136. The van der Waals surface area contributed by atoms with Crippen molar-refractivity contribution >= 4 is 0 Å². The lowest BCUT2D eigenvalue weighted by molar-refractivity contribution is -0.205.